The fourth-order valence-electron chi connectivity index (χ4n) is 3.32. The summed E-state index contributed by atoms with van der Waals surface area (Å²) in [6.07, 6.45) is 5.76. The Morgan fingerprint density at radius 3 is 3.06 bits per heavy atom. The molecule has 4 heteroatoms. The summed E-state index contributed by atoms with van der Waals surface area (Å²) in [5.41, 5.74) is 6.88. The predicted octanol–water partition coefficient (Wildman–Crippen LogP) is 1.41. The number of rotatable bonds is 3. The topological polar surface area (TPSA) is 45.6 Å². The van der Waals surface area contributed by atoms with Crippen molar-refractivity contribution in [2.24, 2.45) is 5.73 Å². The van der Waals surface area contributed by atoms with Crippen molar-refractivity contribution in [3.63, 3.8) is 0 Å². The Kier molecular flexibility index (Phi) is 3.68. The van der Waals surface area contributed by atoms with Gasteiger partial charge in [-0.15, -0.1) is 0 Å². The van der Waals surface area contributed by atoms with Crippen LogP contribution in [0.5, 0.6) is 0 Å². The third-order valence-electron chi connectivity index (χ3n) is 4.31. The maximum atomic E-state index is 5.73. The molecule has 3 rings (SSSR count). The highest BCUT2D eigenvalue weighted by Gasteiger charge is 2.29. The molecule has 0 aliphatic carbocycles. The van der Waals surface area contributed by atoms with Gasteiger partial charge < -0.3 is 10.2 Å². The molecule has 0 bridgehead atoms. The van der Waals surface area contributed by atoms with Crippen molar-refractivity contribution in [2.45, 2.75) is 38.4 Å². The molecule has 2 fully saturated rings. The van der Waals surface area contributed by atoms with E-state index in [-0.39, 0.29) is 0 Å². The second-order valence-electron chi connectivity index (χ2n) is 5.49. The fraction of sp³-hybridized carbons (Fsp3) is 0.714. The molecule has 1 unspecified atom stereocenters. The Balaban J connectivity index is 1.65. The molecule has 2 aliphatic rings. The van der Waals surface area contributed by atoms with Crippen LogP contribution in [0.2, 0.25) is 0 Å². The second-order valence-corrected chi connectivity index (χ2v) is 5.49. The average Bonchev–Trinajstić information content (AvgIpc) is 2.95. The first-order valence-electron chi connectivity index (χ1n) is 7.08. The van der Waals surface area contributed by atoms with E-state index in [1.54, 1.807) is 6.26 Å². The van der Waals surface area contributed by atoms with Crippen LogP contribution in [-0.4, -0.2) is 42.0 Å². The van der Waals surface area contributed by atoms with Crippen molar-refractivity contribution in [1.29, 1.82) is 0 Å². The van der Waals surface area contributed by atoms with Gasteiger partial charge in [-0.2, -0.15) is 0 Å². The van der Waals surface area contributed by atoms with E-state index in [0.717, 1.165) is 23.9 Å². The van der Waals surface area contributed by atoms with Crippen molar-refractivity contribution < 1.29 is 4.42 Å². The van der Waals surface area contributed by atoms with Gasteiger partial charge in [0, 0.05) is 24.7 Å². The Labute approximate surface area is 109 Å². The lowest BCUT2D eigenvalue weighted by molar-refractivity contribution is 0.205. The molecule has 1 aromatic heterocycles. The fourth-order valence-corrected chi connectivity index (χ4v) is 3.32. The van der Waals surface area contributed by atoms with E-state index < -0.39 is 0 Å². The van der Waals surface area contributed by atoms with E-state index in [1.807, 2.05) is 6.07 Å². The minimum Gasteiger partial charge on any atom is -0.468 e. The lowest BCUT2D eigenvalue weighted by Gasteiger charge is -2.25. The van der Waals surface area contributed by atoms with Gasteiger partial charge in [0.05, 0.1) is 12.8 Å². The Bertz CT molecular complexity index is 390. The Morgan fingerprint density at radius 2 is 2.17 bits per heavy atom. The normalized spacial score (nSPS) is 26.2. The van der Waals surface area contributed by atoms with E-state index >= 15 is 0 Å². The van der Waals surface area contributed by atoms with Crippen molar-refractivity contribution in [3.05, 3.63) is 23.7 Å². The van der Waals surface area contributed by atoms with Gasteiger partial charge in [0.15, 0.2) is 0 Å². The molecule has 0 saturated carbocycles. The third kappa shape index (κ3) is 2.46. The van der Waals surface area contributed by atoms with Gasteiger partial charge in [-0.1, -0.05) is 0 Å². The molecule has 0 amide bonds. The van der Waals surface area contributed by atoms with E-state index in [4.69, 9.17) is 10.2 Å². The summed E-state index contributed by atoms with van der Waals surface area (Å²) in [5.74, 6) is 1.06. The highest BCUT2D eigenvalue weighted by molar-refractivity contribution is 5.16. The number of nitrogens with zero attached hydrogens (tertiary/aromatic N) is 2. The van der Waals surface area contributed by atoms with Gasteiger partial charge in [-0.25, -0.2) is 0 Å². The molecule has 100 valence electrons. The average molecular weight is 249 g/mol. The van der Waals surface area contributed by atoms with Crippen molar-refractivity contribution in [2.75, 3.05) is 26.2 Å². The zero-order valence-electron chi connectivity index (χ0n) is 11.0. The van der Waals surface area contributed by atoms with Crippen LogP contribution in [0, 0.1) is 0 Å². The molecular formula is C14H23N3O. The first-order chi connectivity index (χ1) is 8.86. The summed E-state index contributed by atoms with van der Waals surface area (Å²) in [5, 5.41) is 0. The maximum Gasteiger partial charge on any atom is 0.122 e. The zero-order valence-corrected chi connectivity index (χ0v) is 11.0. The molecule has 0 radical (unpaired) electrons. The van der Waals surface area contributed by atoms with Crippen LogP contribution in [0.3, 0.4) is 0 Å². The molecule has 0 aromatic carbocycles. The van der Waals surface area contributed by atoms with Crippen LogP contribution in [0.1, 0.15) is 30.6 Å². The molecule has 2 aliphatic heterocycles. The minimum atomic E-state index is 0.579. The first kappa shape index (κ1) is 12.2. The summed E-state index contributed by atoms with van der Waals surface area (Å²) < 4.78 is 5.58. The third-order valence-corrected chi connectivity index (χ3v) is 4.31. The second kappa shape index (κ2) is 5.43. The molecule has 2 N–H and O–H groups in total. The Morgan fingerprint density at radius 1 is 1.28 bits per heavy atom. The van der Waals surface area contributed by atoms with Gasteiger partial charge in [-0.05, 0) is 45.0 Å². The van der Waals surface area contributed by atoms with Crippen LogP contribution in [0.15, 0.2) is 16.7 Å². The quantitative estimate of drug-likeness (QED) is 0.880. The van der Waals surface area contributed by atoms with Crippen molar-refractivity contribution in [1.82, 2.24) is 9.80 Å². The molecule has 2 saturated heterocycles. The number of furan rings is 1. The van der Waals surface area contributed by atoms with Gasteiger partial charge in [0.2, 0.25) is 0 Å². The van der Waals surface area contributed by atoms with Gasteiger partial charge in [-0.3, -0.25) is 9.80 Å². The largest absolute Gasteiger partial charge is 0.468 e. The lowest BCUT2D eigenvalue weighted by atomic mass is 10.2. The molecular weight excluding hydrogens is 226 g/mol. The Hall–Kier alpha value is -0.840. The van der Waals surface area contributed by atoms with Gasteiger partial charge in [0.25, 0.3) is 0 Å². The van der Waals surface area contributed by atoms with Gasteiger partial charge >= 0.3 is 0 Å². The molecule has 1 atom stereocenters. The van der Waals surface area contributed by atoms with Crippen LogP contribution in [0.25, 0.3) is 0 Å². The molecule has 0 spiro atoms. The van der Waals surface area contributed by atoms with E-state index in [2.05, 4.69) is 9.80 Å². The maximum absolute atomic E-state index is 5.73. The summed E-state index contributed by atoms with van der Waals surface area (Å²) >= 11 is 0. The van der Waals surface area contributed by atoms with E-state index in [0.29, 0.717) is 6.54 Å². The highest BCUT2D eigenvalue weighted by Crippen LogP contribution is 2.23. The summed E-state index contributed by atoms with van der Waals surface area (Å²) in [4.78, 5) is 5.19. The standard InChI is InChI=1S/C14H23N3O/c15-9-12-4-8-18-14(12)11-16-5-2-7-17-6-1-3-13(17)10-16/h4,8,13H,1-3,5-7,9-11,15H2. The number of hydrogen-bond acceptors (Lipinski definition) is 4. The van der Waals surface area contributed by atoms with Gasteiger partial charge in [0.1, 0.15) is 5.76 Å². The number of fused-ring (bicyclic) bond motifs is 1. The van der Waals surface area contributed by atoms with Crippen LogP contribution in [0.4, 0.5) is 0 Å². The number of hydrogen-bond donors (Lipinski definition) is 1. The zero-order chi connectivity index (χ0) is 12.4. The number of nitrogens with two attached hydrogens (primary N) is 1. The van der Waals surface area contributed by atoms with Crippen LogP contribution < -0.4 is 5.73 Å². The molecule has 1 aromatic rings. The minimum absolute atomic E-state index is 0.579. The SMILES string of the molecule is NCc1ccoc1CN1CCCN2CCCC2C1. The molecule has 3 heterocycles. The van der Waals surface area contributed by atoms with Crippen LogP contribution in [-0.2, 0) is 13.1 Å². The van der Waals surface area contributed by atoms with E-state index in [9.17, 15) is 0 Å². The van der Waals surface area contributed by atoms with Crippen LogP contribution >= 0.6 is 0 Å². The molecule has 18 heavy (non-hydrogen) atoms. The summed E-state index contributed by atoms with van der Waals surface area (Å²) in [6.45, 7) is 6.43. The summed E-state index contributed by atoms with van der Waals surface area (Å²) in [7, 11) is 0. The highest BCUT2D eigenvalue weighted by atomic mass is 16.3. The lowest BCUT2D eigenvalue weighted by Crippen LogP contribution is -2.36. The van der Waals surface area contributed by atoms with Crippen molar-refractivity contribution in [3.8, 4) is 0 Å². The smallest absolute Gasteiger partial charge is 0.122 e. The summed E-state index contributed by atoms with van der Waals surface area (Å²) in [6, 6.07) is 2.76. The monoisotopic (exact) mass is 249 g/mol. The predicted molar refractivity (Wildman–Crippen MR) is 71.1 cm³/mol. The van der Waals surface area contributed by atoms with Crippen molar-refractivity contribution >= 4 is 0 Å². The molecule has 4 nitrogen and oxygen atoms in total. The first-order valence-corrected chi connectivity index (χ1v) is 7.08. The van der Waals surface area contributed by atoms with E-state index in [1.165, 1.54) is 45.4 Å².